The summed E-state index contributed by atoms with van der Waals surface area (Å²) in [5.74, 6) is -1.36. The van der Waals surface area contributed by atoms with Gasteiger partial charge in [0, 0.05) is 12.5 Å². The van der Waals surface area contributed by atoms with Crippen LogP contribution in [-0.2, 0) is 16.1 Å². The van der Waals surface area contributed by atoms with Crippen LogP contribution in [0.15, 0.2) is 54.7 Å². The van der Waals surface area contributed by atoms with Gasteiger partial charge in [0.25, 0.3) is 0 Å². The minimum absolute atomic E-state index is 0.0939. The summed E-state index contributed by atoms with van der Waals surface area (Å²) in [7, 11) is 0. The van der Waals surface area contributed by atoms with Gasteiger partial charge >= 0.3 is 12.1 Å². The van der Waals surface area contributed by atoms with E-state index in [0.29, 0.717) is 6.42 Å². The van der Waals surface area contributed by atoms with E-state index in [1.54, 1.807) is 0 Å². The topological polar surface area (TPSA) is 118 Å². The number of rotatable bonds is 9. The Hall–Kier alpha value is -3.72. The number of carbonyl (C=O) groups is 2. The SMILES string of the molecule is CCCN(C(=O)OCC1c2ccccc2-c2ccccc21)C(C(=O)O)c1cn(CCO)nn1. The van der Waals surface area contributed by atoms with Crippen molar-refractivity contribution in [1.29, 1.82) is 0 Å². The molecule has 1 atom stereocenters. The molecule has 9 heteroatoms. The lowest BCUT2D eigenvalue weighted by Crippen LogP contribution is -2.40. The van der Waals surface area contributed by atoms with E-state index in [9.17, 15) is 14.7 Å². The number of hydrogen-bond acceptors (Lipinski definition) is 6. The van der Waals surface area contributed by atoms with Gasteiger partial charge in [-0.1, -0.05) is 60.7 Å². The lowest BCUT2D eigenvalue weighted by Gasteiger charge is -2.27. The summed E-state index contributed by atoms with van der Waals surface area (Å²) in [6, 6.07) is 14.7. The van der Waals surface area contributed by atoms with Crippen LogP contribution in [0.3, 0.4) is 0 Å². The van der Waals surface area contributed by atoms with Gasteiger partial charge in [0.15, 0.2) is 6.04 Å². The van der Waals surface area contributed by atoms with Crippen LogP contribution in [0.2, 0.25) is 0 Å². The maximum Gasteiger partial charge on any atom is 0.410 e. The first-order chi connectivity index (χ1) is 16.0. The van der Waals surface area contributed by atoms with Crippen molar-refractivity contribution >= 4 is 12.1 Å². The first-order valence-corrected chi connectivity index (χ1v) is 10.9. The monoisotopic (exact) mass is 450 g/mol. The van der Waals surface area contributed by atoms with E-state index in [-0.39, 0.29) is 37.9 Å². The normalized spacial score (nSPS) is 13.3. The summed E-state index contributed by atoms with van der Waals surface area (Å²) < 4.78 is 7.03. The molecule has 3 aromatic rings. The average Bonchev–Trinajstić information content (AvgIpc) is 3.40. The van der Waals surface area contributed by atoms with Crippen molar-refractivity contribution < 1.29 is 24.5 Å². The fourth-order valence-electron chi connectivity index (χ4n) is 4.31. The molecule has 1 aromatic heterocycles. The van der Waals surface area contributed by atoms with Gasteiger partial charge in [-0.25, -0.2) is 14.3 Å². The van der Waals surface area contributed by atoms with E-state index in [2.05, 4.69) is 22.4 Å². The zero-order chi connectivity index (χ0) is 23.4. The minimum atomic E-state index is -1.34. The summed E-state index contributed by atoms with van der Waals surface area (Å²) in [6.45, 7) is 2.14. The largest absolute Gasteiger partial charge is 0.479 e. The quantitative estimate of drug-likeness (QED) is 0.514. The van der Waals surface area contributed by atoms with Gasteiger partial charge in [-0.05, 0) is 28.7 Å². The zero-order valence-corrected chi connectivity index (χ0v) is 18.3. The molecular formula is C24H26N4O5. The van der Waals surface area contributed by atoms with Crippen molar-refractivity contribution in [1.82, 2.24) is 19.9 Å². The molecule has 1 heterocycles. The fourth-order valence-corrected chi connectivity index (χ4v) is 4.31. The van der Waals surface area contributed by atoms with Crippen LogP contribution in [0, 0.1) is 0 Å². The molecule has 33 heavy (non-hydrogen) atoms. The summed E-state index contributed by atoms with van der Waals surface area (Å²) in [5.41, 5.74) is 4.50. The number of carbonyl (C=O) groups excluding carboxylic acids is 1. The third kappa shape index (κ3) is 4.45. The molecule has 0 aliphatic heterocycles. The van der Waals surface area contributed by atoms with Crippen molar-refractivity contribution in [2.45, 2.75) is 31.8 Å². The lowest BCUT2D eigenvalue weighted by atomic mass is 9.98. The number of aliphatic carboxylic acids is 1. The van der Waals surface area contributed by atoms with E-state index in [1.165, 1.54) is 15.8 Å². The highest BCUT2D eigenvalue weighted by Crippen LogP contribution is 2.44. The molecular weight excluding hydrogens is 424 g/mol. The second kappa shape index (κ2) is 9.83. The Morgan fingerprint density at radius 2 is 1.76 bits per heavy atom. The number of carboxylic acid groups (broad SMARTS) is 1. The number of aromatic nitrogens is 3. The number of aliphatic hydroxyl groups is 1. The van der Waals surface area contributed by atoms with Crippen molar-refractivity contribution in [3.8, 4) is 11.1 Å². The summed E-state index contributed by atoms with van der Waals surface area (Å²) >= 11 is 0. The Balaban J connectivity index is 1.55. The van der Waals surface area contributed by atoms with Gasteiger partial charge in [-0.15, -0.1) is 5.10 Å². The van der Waals surface area contributed by atoms with Crippen LogP contribution >= 0.6 is 0 Å². The first kappa shape index (κ1) is 22.5. The van der Waals surface area contributed by atoms with Gasteiger partial charge < -0.3 is 14.9 Å². The Labute approximate surface area is 191 Å². The number of nitrogens with zero attached hydrogens (tertiary/aromatic N) is 4. The molecule has 1 amide bonds. The molecule has 9 nitrogen and oxygen atoms in total. The predicted octanol–water partition coefficient (Wildman–Crippen LogP) is 3.06. The van der Waals surface area contributed by atoms with E-state index in [4.69, 9.17) is 9.84 Å². The van der Waals surface area contributed by atoms with Crippen LogP contribution in [0.4, 0.5) is 4.79 Å². The molecule has 2 aromatic carbocycles. The van der Waals surface area contributed by atoms with Crippen LogP contribution in [-0.4, -0.2) is 61.9 Å². The molecule has 0 saturated heterocycles. The Morgan fingerprint density at radius 3 is 2.33 bits per heavy atom. The van der Waals surface area contributed by atoms with Crippen LogP contribution in [0.25, 0.3) is 11.1 Å². The van der Waals surface area contributed by atoms with Gasteiger partial charge in [0.1, 0.15) is 12.3 Å². The van der Waals surface area contributed by atoms with E-state index in [1.807, 2.05) is 43.3 Å². The number of carboxylic acids is 1. The van der Waals surface area contributed by atoms with Gasteiger partial charge in [-0.3, -0.25) is 4.90 Å². The first-order valence-electron chi connectivity index (χ1n) is 10.9. The lowest BCUT2D eigenvalue weighted by molar-refractivity contribution is -0.143. The molecule has 1 aliphatic carbocycles. The summed E-state index contributed by atoms with van der Waals surface area (Å²) in [5, 5.41) is 26.7. The molecule has 0 fully saturated rings. The third-order valence-electron chi connectivity index (χ3n) is 5.75. The Kier molecular flexibility index (Phi) is 6.69. The fraction of sp³-hybridized carbons (Fsp3) is 0.333. The van der Waals surface area contributed by atoms with E-state index in [0.717, 1.165) is 22.3 Å². The summed E-state index contributed by atoms with van der Waals surface area (Å²) in [4.78, 5) is 26.4. The van der Waals surface area contributed by atoms with Crippen molar-refractivity contribution in [3.63, 3.8) is 0 Å². The number of ether oxygens (including phenoxy) is 1. The number of amides is 1. The number of hydrogen-bond donors (Lipinski definition) is 2. The smallest absolute Gasteiger partial charge is 0.410 e. The second-order valence-electron chi connectivity index (χ2n) is 7.87. The predicted molar refractivity (Wildman–Crippen MR) is 120 cm³/mol. The van der Waals surface area contributed by atoms with Gasteiger partial charge in [0.2, 0.25) is 0 Å². The Bertz CT molecular complexity index is 1100. The molecule has 0 saturated carbocycles. The molecule has 2 N–H and O–H groups in total. The second-order valence-corrected chi connectivity index (χ2v) is 7.87. The summed E-state index contributed by atoms with van der Waals surface area (Å²) in [6.07, 6.45) is 1.25. The molecule has 4 rings (SSSR count). The van der Waals surface area contributed by atoms with E-state index < -0.39 is 18.1 Å². The van der Waals surface area contributed by atoms with Gasteiger partial charge in [-0.2, -0.15) is 0 Å². The van der Waals surface area contributed by atoms with Crippen molar-refractivity contribution in [2.24, 2.45) is 0 Å². The molecule has 0 spiro atoms. The molecule has 1 unspecified atom stereocenters. The maximum absolute atomic E-state index is 13.1. The molecule has 0 radical (unpaired) electrons. The highest BCUT2D eigenvalue weighted by molar-refractivity contribution is 5.81. The maximum atomic E-state index is 13.1. The molecule has 1 aliphatic rings. The van der Waals surface area contributed by atoms with Crippen molar-refractivity contribution in [2.75, 3.05) is 19.8 Å². The molecule has 172 valence electrons. The highest BCUT2D eigenvalue weighted by Gasteiger charge is 2.35. The average molecular weight is 450 g/mol. The van der Waals surface area contributed by atoms with E-state index >= 15 is 0 Å². The highest BCUT2D eigenvalue weighted by atomic mass is 16.6. The van der Waals surface area contributed by atoms with Crippen LogP contribution < -0.4 is 0 Å². The van der Waals surface area contributed by atoms with Gasteiger partial charge in [0.05, 0.1) is 19.3 Å². The third-order valence-corrected chi connectivity index (χ3v) is 5.75. The minimum Gasteiger partial charge on any atom is -0.479 e. The van der Waals surface area contributed by atoms with Crippen LogP contribution in [0.5, 0.6) is 0 Å². The standard InChI is InChI=1S/C24H26N4O5/c1-2-11-28(22(23(30)31)21-14-27(12-13-29)26-25-21)24(32)33-15-20-18-9-5-3-7-16(18)17-8-4-6-10-19(17)20/h3-10,14,20,22,29H,2,11-13,15H2,1H3,(H,30,31). The molecule has 0 bridgehead atoms. The number of fused-ring (bicyclic) bond motifs is 3. The van der Waals surface area contributed by atoms with Crippen LogP contribution in [0.1, 0.15) is 42.1 Å². The zero-order valence-electron chi connectivity index (χ0n) is 18.3. The Morgan fingerprint density at radius 1 is 1.12 bits per heavy atom. The van der Waals surface area contributed by atoms with Crippen molar-refractivity contribution in [3.05, 3.63) is 71.5 Å². The number of benzene rings is 2. The number of aliphatic hydroxyl groups excluding tert-OH is 1.